The van der Waals surface area contributed by atoms with Gasteiger partial charge in [0, 0.05) is 13.1 Å². The van der Waals surface area contributed by atoms with E-state index >= 15 is 0 Å². The second kappa shape index (κ2) is 8.13. The second-order valence-corrected chi connectivity index (χ2v) is 2.49. The van der Waals surface area contributed by atoms with Crippen molar-refractivity contribution < 1.29 is 56.1 Å². The van der Waals surface area contributed by atoms with E-state index < -0.39 is 0 Å². The maximum absolute atomic E-state index is 5.21. The first kappa shape index (κ1) is 12.5. The molecule has 0 amide bonds. The fourth-order valence-corrected chi connectivity index (χ4v) is 1.07. The van der Waals surface area contributed by atoms with Crippen molar-refractivity contribution in [2.45, 2.75) is 0 Å². The zero-order valence-electron chi connectivity index (χ0n) is 7.55. The van der Waals surface area contributed by atoms with Crippen LogP contribution in [0.5, 0.6) is 0 Å². The zero-order chi connectivity index (χ0) is 7.23. The predicted molar refractivity (Wildman–Crippen MR) is 41.4 cm³/mol. The molecule has 60 valence electrons. The fraction of sp³-hybridized carbons (Fsp3) is 1.00. The van der Waals surface area contributed by atoms with E-state index in [1.807, 2.05) is 7.05 Å². The van der Waals surface area contributed by atoms with Gasteiger partial charge in [-0.05, 0) is 6.54 Å². The Hall–Kier alpha value is 1.52. The normalized spacial score (nSPS) is 19.4. The molecule has 0 spiro atoms. The first-order valence-electron chi connectivity index (χ1n) is 3.79. The summed E-state index contributed by atoms with van der Waals surface area (Å²) in [6.45, 7) is 6.00. The molecule has 0 atom stereocenters. The maximum atomic E-state index is 5.21. The SMILES string of the molecule is C[N-]CCN1CCOCC1.[K+]. The van der Waals surface area contributed by atoms with E-state index in [0.717, 1.165) is 39.4 Å². The molecule has 11 heavy (non-hydrogen) atoms. The molecular formula is C7H15KN2O. The third kappa shape index (κ3) is 5.71. The number of hydrogen-bond donors (Lipinski definition) is 0. The first-order valence-corrected chi connectivity index (χ1v) is 3.79. The summed E-state index contributed by atoms with van der Waals surface area (Å²) in [5.74, 6) is 0. The summed E-state index contributed by atoms with van der Waals surface area (Å²) >= 11 is 0. The minimum absolute atomic E-state index is 0. The Kier molecular flexibility index (Phi) is 9.25. The molecule has 0 aromatic heterocycles. The Morgan fingerprint density at radius 3 is 2.55 bits per heavy atom. The van der Waals surface area contributed by atoms with Gasteiger partial charge < -0.3 is 15.0 Å². The van der Waals surface area contributed by atoms with Crippen molar-refractivity contribution in [3.8, 4) is 0 Å². The van der Waals surface area contributed by atoms with E-state index in [-0.39, 0.29) is 51.4 Å². The van der Waals surface area contributed by atoms with E-state index in [2.05, 4.69) is 10.2 Å². The van der Waals surface area contributed by atoms with Gasteiger partial charge in [0.2, 0.25) is 0 Å². The van der Waals surface area contributed by atoms with Crippen LogP contribution in [0.1, 0.15) is 0 Å². The monoisotopic (exact) mass is 182 g/mol. The van der Waals surface area contributed by atoms with Crippen molar-refractivity contribution in [3.63, 3.8) is 0 Å². The van der Waals surface area contributed by atoms with Gasteiger partial charge in [-0.25, -0.2) is 0 Å². The van der Waals surface area contributed by atoms with Crippen LogP contribution in [0.4, 0.5) is 0 Å². The van der Waals surface area contributed by atoms with Gasteiger partial charge in [0.15, 0.2) is 0 Å². The van der Waals surface area contributed by atoms with E-state index in [9.17, 15) is 0 Å². The summed E-state index contributed by atoms with van der Waals surface area (Å²) in [5, 5.41) is 4.05. The standard InChI is InChI=1S/C7H15N2O.K/c1-8-2-3-9-4-6-10-7-5-9;/h2-7H2,1H3;/q-1;+1. The molecule has 1 fully saturated rings. The Labute approximate surface area is 111 Å². The smallest absolute Gasteiger partial charge is 0.664 e. The largest absolute Gasteiger partial charge is 1.00 e. The molecule has 1 saturated heterocycles. The summed E-state index contributed by atoms with van der Waals surface area (Å²) in [4.78, 5) is 2.39. The summed E-state index contributed by atoms with van der Waals surface area (Å²) in [5.41, 5.74) is 0. The first-order chi connectivity index (χ1) is 4.93. The van der Waals surface area contributed by atoms with Gasteiger partial charge in [-0.2, -0.15) is 7.05 Å². The molecule has 1 heterocycles. The molecule has 4 heteroatoms. The number of rotatable bonds is 3. The summed E-state index contributed by atoms with van der Waals surface area (Å²) in [6, 6.07) is 0. The molecule has 1 aliphatic rings. The molecule has 0 aromatic rings. The van der Waals surface area contributed by atoms with E-state index in [4.69, 9.17) is 4.74 Å². The van der Waals surface area contributed by atoms with Crippen LogP contribution in [0.3, 0.4) is 0 Å². The van der Waals surface area contributed by atoms with Crippen molar-refractivity contribution in [3.05, 3.63) is 5.32 Å². The zero-order valence-corrected chi connectivity index (χ0v) is 10.7. The van der Waals surface area contributed by atoms with Crippen LogP contribution in [-0.2, 0) is 4.74 Å². The maximum Gasteiger partial charge on any atom is 1.00 e. The van der Waals surface area contributed by atoms with Crippen molar-refractivity contribution in [2.75, 3.05) is 46.4 Å². The minimum Gasteiger partial charge on any atom is -0.664 e. The van der Waals surface area contributed by atoms with Crippen molar-refractivity contribution in [1.82, 2.24) is 4.90 Å². The third-order valence-electron chi connectivity index (χ3n) is 1.74. The number of morpholine rings is 1. The molecule has 0 aromatic carbocycles. The minimum atomic E-state index is 0. The Bertz CT molecular complexity index is 86.5. The molecular weight excluding hydrogens is 167 g/mol. The second-order valence-electron chi connectivity index (χ2n) is 2.49. The van der Waals surface area contributed by atoms with Gasteiger partial charge in [0.25, 0.3) is 0 Å². The number of ether oxygens (including phenoxy) is 1. The molecule has 0 radical (unpaired) electrons. The van der Waals surface area contributed by atoms with Crippen molar-refractivity contribution in [2.24, 2.45) is 0 Å². The summed E-state index contributed by atoms with van der Waals surface area (Å²) in [6.07, 6.45) is 0. The van der Waals surface area contributed by atoms with E-state index in [0.29, 0.717) is 0 Å². The molecule has 1 aliphatic heterocycles. The topological polar surface area (TPSA) is 26.6 Å². The number of nitrogens with zero attached hydrogens (tertiary/aromatic N) is 2. The molecule has 0 unspecified atom stereocenters. The summed E-state index contributed by atoms with van der Waals surface area (Å²) in [7, 11) is 1.86. The van der Waals surface area contributed by atoms with Crippen LogP contribution in [0.25, 0.3) is 5.32 Å². The molecule has 3 nitrogen and oxygen atoms in total. The van der Waals surface area contributed by atoms with Crippen LogP contribution in [-0.4, -0.2) is 51.3 Å². The van der Waals surface area contributed by atoms with Crippen LogP contribution in [0.15, 0.2) is 0 Å². The molecule has 1 rings (SSSR count). The van der Waals surface area contributed by atoms with Gasteiger partial charge >= 0.3 is 51.4 Å². The Morgan fingerprint density at radius 2 is 2.00 bits per heavy atom. The predicted octanol–water partition coefficient (Wildman–Crippen LogP) is -2.67. The molecule has 0 N–H and O–H groups in total. The van der Waals surface area contributed by atoms with Crippen LogP contribution in [0, 0.1) is 0 Å². The van der Waals surface area contributed by atoms with Crippen LogP contribution >= 0.6 is 0 Å². The molecule has 0 saturated carbocycles. The van der Waals surface area contributed by atoms with E-state index in [1.165, 1.54) is 0 Å². The average Bonchev–Trinajstić information content (AvgIpc) is 2.03. The Balaban J connectivity index is 0.000001000. The van der Waals surface area contributed by atoms with Crippen LogP contribution < -0.4 is 51.4 Å². The quantitative estimate of drug-likeness (QED) is 0.445. The van der Waals surface area contributed by atoms with Crippen molar-refractivity contribution in [1.29, 1.82) is 0 Å². The van der Waals surface area contributed by atoms with Gasteiger partial charge in [-0.15, -0.1) is 6.54 Å². The number of hydrogen-bond acceptors (Lipinski definition) is 2. The van der Waals surface area contributed by atoms with Gasteiger partial charge in [0.1, 0.15) is 0 Å². The van der Waals surface area contributed by atoms with Gasteiger partial charge in [-0.1, -0.05) is 0 Å². The van der Waals surface area contributed by atoms with Gasteiger partial charge in [-0.3, -0.25) is 0 Å². The third-order valence-corrected chi connectivity index (χ3v) is 1.74. The molecule has 0 bridgehead atoms. The summed E-state index contributed by atoms with van der Waals surface area (Å²) < 4.78 is 5.21. The van der Waals surface area contributed by atoms with Crippen molar-refractivity contribution >= 4 is 0 Å². The van der Waals surface area contributed by atoms with Crippen LogP contribution in [0.2, 0.25) is 0 Å². The average molecular weight is 182 g/mol. The number of likely N-dealkylation sites (N-methyl/N-ethyl adjacent to an activating group) is 1. The van der Waals surface area contributed by atoms with Gasteiger partial charge in [0.05, 0.1) is 13.2 Å². The Morgan fingerprint density at radius 1 is 1.36 bits per heavy atom. The fourth-order valence-electron chi connectivity index (χ4n) is 1.07. The van der Waals surface area contributed by atoms with E-state index in [1.54, 1.807) is 0 Å². The molecule has 0 aliphatic carbocycles.